The fourth-order valence-corrected chi connectivity index (χ4v) is 2.80. The summed E-state index contributed by atoms with van der Waals surface area (Å²) in [5.41, 5.74) is 1.86. The molecule has 1 fully saturated rings. The maximum absolute atomic E-state index is 12.5. The summed E-state index contributed by atoms with van der Waals surface area (Å²) in [4.78, 5) is 18.0. The number of carbonyl (C=O) groups is 1. The Morgan fingerprint density at radius 3 is 2.78 bits per heavy atom. The Morgan fingerprint density at radius 2 is 2.00 bits per heavy atom. The van der Waals surface area contributed by atoms with Crippen molar-refractivity contribution in [3.63, 3.8) is 0 Å². The molecule has 3 rings (SSSR count). The first-order valence-corrected chi connectivity index (χ1v) is 6.62. The second-order valence-corrected chi connectivity index (χ2v) is 5.03. The lowest BCUT2D eigenvalue weighted by molar-refractivity contribution is 0.0868. The Labute approximate surface area is 107 Å². The number of rotatable bonds is 3. The average molecular weight is 242 g/mol. The quantitative estimate of drug-likeness (QED) is 0.840. The molecule has 0 aliphatic carbocycles. The van der Waals surface area contributed by atoms with Crippen LogP contribution in [0.5, 0.6) is 0 Å². The smallest absolute Gasteiger partial charge is 0.181 e. The summed E-state index contributed by atoms with van der Waals surface area (Å²) in [5, 5.41) is 1.04. The minimum Gasteiger partial charge on any atom is -0.360 e. The number of aromatic amines is 1. The van der Waals surface area contributed by atoms with E-state index in [1.807, 2.05) is 37.4 Å². The van der Waals surface area contributed by atoms with Crippen LogP contribution in [-0.2, 0) is 0 Å². The molecule has 18 heavy (non-hydrogen) atoms. The van der Waals surface area contributed by atoms with Crippen molar-refractivity contribution in [1.82, 2.24) is 9.88 Å². The van der Waals surface area contributed by atoms with Crippen LogP contribution >= 0.6 is 0 Å². The molecule has 3 heteroatoms. The van der Waals surface area contributed by atoms with Crippen molar-refractivity contribution >= 4 is 16.7 Å². The van der Waals surface area contributed by atoms with E-state index in [4.69, 9.17) is 0 Å². The molecule has 0 bridgehead atoms. The molecule has 3 nitrogen and oxygen atoms in total. The van der Waals surface area contributed by atoms with Gasteiger partial charge in [-0.25, -0.2) is 0 Å². The molecule has 1 atom stereocenters. The second kappa shape index (κ2) is 4.58. The highest BCUT2D eigenvalue weighted by molar-refractivity contribution is 6.10. The Morgan fingerprint density at radius 1 is 1.28 bits per heavy atom. The molecule has 0 saturated carbocycles. The van der Waals surface area contributed by atoms with Gasteiger partial charge in [0.05, 0.1) is 6.04 Å². The lowest BCUT2D eigenvalue weighted by atomic mass is 10.0. The molecule has 1 saturated heterocycles. The van der Waals surface area contributed by atoms with E-state index in [0.717, 1.165) is 29.6 Å². The van der Waals surface area contributed by atoms with Crippen molar-refractivity contribution in [2.45, 2.75) is 25.8 Å². The van der Waals surface area contributed by atoms with E-state index in [-0.39, 0.29) is 11.8 Å². The van der Waals surface area contributed by atoms with Gasteiger partial charge >= 0.3 is 0 Å². The summed E-state index contributed by atoms with van der Waals surface area (Å²) in [5.74, 6) is 0.231. The van der Waals surface area contributed by atoms with E-state index in [0.29, 0.717) is 0 Å². The molecule has 1 aromatic heterocycles. The van der Waals surface area contributed by atoms with Crippen LogP contribution in [0.1, 0.15) is 30.1 Å². The molecule has 1 aliphatic rings. The molecular formula is C15H18N2O. The third-order valence-corrected chi connectivity index (χ3v) is 3.92. The van der Waals surface area contributed by atoms with Crippen LogP contribution in [0.25, 0.3) is 10.9 Å². The maximum atomic E-state index is 12.5. The van der Waals surface area contributed by atoms with Gasteiger partial charge in [0.1, 0.15) is 0 Å². The van der Waals surface area contributed by atoms with E-state index in [2.05, 4.69) is 9.88 Å². The minimum atomic E-state index is -0.00768. The highest BCUT2D eigenvalue weighted by Crippen LogP contribution is 2.22. The number of para-hydroxylation sites is 1. The number of ketones is 1. The first-order valence-electron chi connectivity index (χ1n) is 6.62. The summed E-state index contributed by atoms with van der Waals surface area (Å²) in [7, 11) is 0. The zero-order valence-corrected chi connectivity index (χ0v) is 10.6. The zero-order chi connectivity index (χ0) is 12.5. The van der Waals surface area contributed by atoms with Gasteiger partial charge in [-0.15, -0.1) is 0 Å². The van der Waals surface area contributed by atoms with Crippen LogP contribution in [-0.4, -0.2) is 34.8 Å². The number of hydrogen-bond donors (Lipinski definition) is 1. The molecule has 1 unspecified atom stereocenters. The van der Waals surface area contributed by atoms with E-state index in [1.54, 1.807) is 0 Å². The predicted octanol–water partition coefficient (Wildman–Crippen LogP) is 2.83. The Bertz CT molecular complexity index is 567. The van der Waals surface area contributed by atoms with E-state index in [1.165, 1.54) is 12.8 Å². The fourth-order valence-electron chi connectivity index (χ4n) is 2.80. The number of fused-ring (bicyclic) bond motifs is 1. The highest BCUT2D eigenvalue weighted by atomic mass is 16.1. The third-order valence-electron chi connectivity index (χ3n) is 3.92. The minimum absolute atomic E-state index is 0.00768. The molecule has 1 aromatic carbocycles. The van der Waals surface area contributed by atoms with E-state index in [9.17, 15) is 4.79 Å². The Hall–Kier alpha value is -1.61. The molecule has 2 heterocycles. The number of aromatic nitrogens is 1. The van der Waals surface area contributed by atoms with Crippen LogP contribution in [0.2, 0.25) is 0 Å². The number of nitrogens with zero attached hydrogens (tertiary/aromatic N) is 1. The molecule has 94 valence electrons. The molecule has 0 amide bonds. The second-order valence-electron chi connectivity index (χ2n) is 5.03. The van der Waals surface area contributed by atoms with Crippen LogP contribution in [0.15, 0.2) is 30.5 Å². The number of nitrogens with one attached hydrogen (secondary N) is 1. The zero-order valence-electron chi connectivity index (χ0n) is 10.6. The molecule has 1 N–H and O–H groups in total. The normalized spacial score (nSPS) is 18.3. The van der Waals surface area contributed by atoms with Crippen LogP contribution in [0, 0.1) is 0 Å². The molecule has 2 aromatic rings. The summed E-state index contributed by atoms with van der Waals surface area (Å²) in [6.07, 6.45) is 4.27. The standard InChI is InChI=1S/C15H18N2O/c1-11(17-8-4-5-9-17)15(18)13-10-16-14-7-3-2-6-12(13)14/h2-3,6-7,10-11,16H,4-5,8-9H2,1H3. The summed E-state index contributed by atoms with van der Waals surface area (Å²) in [6.45, 7) is 4.12. The van der Waals surface area contributed by atoms with Gasteiger partial charge in [-0.05, 0) is 38.9 Å². The van der Waals surface area contributed by atoms with Crippen molar-refractivity contribution in [3.8, 4) is 0 Å². The van der Waals surface area contributed by atoms with Crippen molar-refractivity contribution in [2.24, 2.45) is 0 Å². The third kappa shape index (κ3) is 1.85. The first-order chi connectivity index (χ1) is 8.77. The van der Waals surface area contributed by atoms with Gasteiger partial charge in [-0.1, -0.05) is 18.2 Å². The molecular weight excluding hydrogens is 224 g/mol. The highest BCUT2D eigenvalue weighted by Gasteiger charge is 2.26. The lowest BCUT2D eigenvalue weighted by Gasteiger charge is -2.22. The van der Waals surface area contributed by atoms with Gasteiger partial charge in [0.25, 0.3) is 0 Å². The van der Waals surface area contributed by atoms with Crippen molar-refractivity contribution in [2.75, 3.05) is 13.1 Å². The number of Topliss-reactive ketones (excluding diaryl/α,β-unsaturated/α-hetero) is 1. The van der Waals surface area contributed by atoms with Gasteiger partial charge in [0, 0.05) is 22.7 Å². The van der Waals surface area contributed by atoms with Crippen LogP contribution < -0.4 is 0 Å². The van der Waals surface area contributed by atoms with Gasteiger partial charge in [-0.2, -0.15) is 0 Å². The van der Waals surface area contributed by atoms with E-state index >= 15 is 0 Å². The maximum Gasteiger partial charge on any atom is 0.181 e. The van der Waals surface area contributed by atoms with Crippen molar-refractivity contribution in [3.05, 3.63) is 36.0 Å². The SMILES string of the molecule is CC(C(=O)c1c[nH]c2ccccc12)N1CCCC1. The monoisotopic (exact) mass is 242 g/mol. The molecule has 0 radical (unpaired) electrons. The molecule has 0 spiro atoms. The largest absolute Gasteiger partial charge is 0.360 e. The summed E-state index contributed by atoms with van der Waals surface area (Å²) >= 11 is 0. The fraction of sp³-hybridized carbons (Fsp3) is 0.400. The van der Waals surface area contributed by atoms with Gasteiger partial charge in [0.2, 0.25) is 0 Å². The van der Waals surface area contributed by atoms with Gasteiger partial charge < -0.3 is 4.98 Å². The van der Waals surface area contributed by atoms with Crippen molar-refractivity contribution in [1.29, 1.82) is 0 Å². The number of H-pyrrole nitrogens is 1. The lowest BCUT2D eigenvalue weighted by Crippen LogP contribution is -2.36. The summed E-state index contributed by atoms with van der Waals surface area (Å²) < 4.78 is 0. The van der Waals surface area contributed by atoms with Gasteiger partial charge in [-0.3, -0.25) is 9.69 Å². The topological polar surface area (TPSA) is 36.1 Å². The van der Waals surface area contributed by atoms with Crippen molar-refractivity contribution < 1.29 is 4.79 Å². The Kier molecular flexibility index (Phi) is 2.92. The van der Waals surface area contributed by atoms with Crippen LogP contribution in [0.4, 0.5) is 0 Å². The van der Waals surface area contributed by atoms with Crippen LogP contribution in [0.3, 0.4) is 0 Å². The van der Waals surface area contributed by atoms with Gasteiger partial charge in [0.15, 0.2) is 5.78 Å². The average Bonchev–Trinajstić information content (AvgIpc) is 3.06. The number of benzene rings is 1. The number of carbonyl (C=O) groups excluding carboxylic acids is 1. The first kappa shape index (κ1) is 11.5. The van der Waals surface area contributed by atoms with E-state index < -0.39 is 0 Å². The number of hydrogen-bond acceptors (Lipinski definition) is 2. The number of likely N-dealkylation sites (tertiary alicyclic amines) is 1. The molecule has 1 aliphatic heterocycles. The Balaban J connectivity index is 1.91. The predicted molar refractivity (Wildman–Crippen MR) is 72.9 cm³/mol. The summed E-state index contributed by atoms with van der Waals surface area (Å²) in [6, 6.07) is 7.97.